The van der Waals surface area contributed by atoms with Gasteiger partial charge in [-0.15, -0.1) is 0 Å². The van der Waals surface area contributed by atoms with Crippen LogP contribution in [0.15, 0.2) is 18.2 Å². The molecule has 19 heavy (non-hydrogen) atoms. The second-order valence-electron chi connectivity index (χ2n) is 3.87. The lowest BCUT2D eigenvalue weighted by molar-refractivity contribution is -0.143. The molecule has 0 bridgehead atoms. The van der Waals surface area contributed by atoms with Crippen molar-refractivity contribution < 1.29 is 31.1 Å². The smallest absolute Gasteiger partial charge is 0.281 e. The molecule has 0 aliphatic heterocycles. The van der Waals surface area contributed by atoms with Crippen LogP contribution in [0.2, 0.25) is 0 Å². The van der Waals surface area contributed by atoms with E-state index >= 15 is 0 Å². The minimum atomic E-state index is -4.94. The van der Waals surface area contributed by atoms with E-state index in [4.69, 9.17) is 11.6 Å². The van der Waals surface area contributed by atoms with Crippen LogP contribution in [-0.4, -0.2) is 5.24 Å². The van der Waals surface area contributed by atoms with Gasteiger partial charge in [0.2, 0.25) is 5.24 Å². The molecule has 106 valence electrons. The Balaban J connectivity index is 3.45. The van der Waals surface area contributed by atoms with Gasteiger partial charge in [-0.3, -0.25) is 4.79 Å². The lowest BCUT2D eigenvalue weighted by Crippen LogP contribution is -2.13. The monoisotopic (exact) mass is 304 g/mol. The van der Waals surface area contributed by atoms with Crippen molar-refractivity contribution in [3.8, 4) is 0 Å². The lowest BCUT2D eigenvalue weighted by atomic mass is 9.96. The first kappa shape index (κ1) is 15.8. The molecule has 1 nitrogen and oxygen atoms in total. The van der Waals surface area contributed by atoms with Crippen molar-refractivity contribution >= 4 is 16.8 Å². The Kier molecular flexibility index (Phi) is 4.19. The van der Waals surface area contributed by atoms with Gasteiger partial charge in [-0.1, -0.05) is 6.92 Å². The number of alkyl halides is 6. The van der Waals surface area contributed by atoms with E-state index in [9.17, 15) is 31.1 Å². The fourth-order valence-electron chi connectivity index (χ4n) is 1.36. The predicted molar refractivity (Wildman–Crippen MR) is 55.7 cm³/mol. The standard InChI is InChI=1S/C11H7ClF6O/c1-5(9(12)19)6-2-7(10(13,14)15)4-8(3-6)11(16,17)18/h2-5H,1H3/t5-/m0/s1. The molecule has 1 aromatic carbocycles. The van der Waals surface area contributed by atoms with Crippen LogP contribution in [0.1, 0.15) is 29.5 Å². The average molecular weight is 305 g/mol. The van der Waals surface area contributed by atoms with Gasteiger partial charge in [0.05, 0.1) is 17.0 Å². The van der Waals surface area contributed by atoms with Gasteiger partial charge in [-0.2, -0.15) is 26.3 Å². The quantitative estimate of drug-likeness (QED) is 0.577. The number of rotatable bonds is 2. The molecular formula is C11H7ClF6O. The summed E-state index contributed by atoms with van der Waals surface area (Å²) in [5.74, 6) is -1.26. The summed E-state index contributed by atoms with van der Waals surface area (Å²) in [6.45, 7) is 1.13. The molecule has 8 heteroatoms. The van der Waals surface area contributed by atoms with Crippen molar-refractivity contribution in [1.29, 1.82) is 0 Å². The molecule has 1 atom stereocenters. The third kappa shape index (κ3) is 3.86. The summed E-state index contributed by atoms with van der Waals surface area (Å²) in [5.41, 5.74) is -3.37. The Morgan fingerprint density at radius 2 is 1.37 bits per heavy atom. The molecule has 0 N–H and O–H groups in total. The molecule has 0 aromatic heterocycles. The van der Waals surface area contributed by atoms with Crippen molar-refractivity contribution in [2.24, 2.45) is 0 Å². The van der Waals surface area contributed by atoms with Gasteiger partial charge in [0.25, 0.3) is 0 Å². The average Bonchev–Trinajstić information content (AvgIpc) is 2.24. The third-order valence-corrected chi connectivity index (χ3v) is 2.78. The summed E-state index contributed by atoms with van der Waals surface area (Å²) in [5, 5.41) is -1.03. The maximum Gasteiger partial charge on any atom is 0.416 e. The number of hydrogen-bond acceptors (Lipinski definition) is 1. The molecular weight excluding hydrogens is 298 g/mol. The maximum atomic E-state index is 12.5. The minimum Gasteiger partial charge on any atom is -0.281 e. The van der Waals surface area contributed by atoms with Crippen LogP contribution in [0, 0.1) is 0 Å². The first-order valence-corrected chi connectivity index (χ1v) is 5.29. The van der Waals surface area contributed by atoms with E-state index < -0.39 is 40.2 Å². The molecule has 0 unspecified atom stereocenters. The van der Waals surface area contributed by atoms with Gasteiger partial charge in [0, 0.05) is 0 Å². The molecule has 0 aliphatic rings. The summed E-state index contributed by atoms with van der Waals surface area (Å²) >= 11 is 5.09. The molecule has 0 heterocycles. The van der Waals surface area contributed by atoms with Gasteiger partial charge in [-0.25, -0.2) is 0 Å². The summed E-state index contributed by atoms with van der Waals surface area (Å²) in [6, 6.07) is 0.968. The lowest BCUT2D eigenvalue weighted by Gasteiger charge is -2.16. The molecule has 0 aliphatic carbocycles. The summed E-state index contributed by atoms with van der Waals surface area (Å²) in [4.78, 5) is 10.9. The van der Waals surface area contributed by atoms with Crippen LogP contribution in [-0.2, 0) is 17.1 Å². The topological polar surface area (TPSA) is 17.1 Å². The largest absolute Gasteiger partial charge is 0.416 e. The van der Waals surface area contributed by atoms with Gasteiger partial charge >= 0.3 is 12.4 Å². The number of benzene rings is 1. The number of carbonyl (C=O) groups is 1. The molecule has 0 saturated heterocycles. The van der Waals surface area contributed by atoms with Crippen LogP contribution in [0.5, 0.6) is 0 Å². The second kappa shape index (κ2) is 5.03. The highest BCUT2D eigenvalue weighted by Gasteiger charge is 2.37. The summed E-state index contributed by atoms with van der Waals surface area (Å²) in [7, 11) is 0. The number of halogens is 7. The first-order chi connectivity index (χ1) is 8.43. The van der Waals surface area contributed by atoms with Crippen LogP contribution >= 0.6 is 11.6 Å². The van der Waals surface area contributed by atoms with E-state index in [1.54, 1.807) is 0 Å². The molecule has 0 amide bonds. The normalized spacial score (nSPS) is 14.3. The molecule has 0 radical (unpaired) electrons. The van der Waals surface area contributed by atoms with Crippen LogP contribution < -0.4 is 0 Å². The van der Waals surface area contributed by atoms with E-state index in [1.807, 2.05) is 0 Å². The Labute approximate surface area is 109 Å². The zero-order chi connectivity index (χ0) is 15.0. The van der Waals surface area contributed by atoms with Crippen molar-refractivity contribution in [3.05, 3.63) is 34.9 Å². The van der Waals surface area contributed by atoms with Crippen molar-refractivity contribution in [3.63, 3.8) is 0 Å². The van der Waals surface area contributed by atoms with E-state index in [2.05, 4.69) is 0 Å². The van der Waals surface area contributed by atoms with Crippen molar-refractivity contribution in [2.75, 3.05) is 0 Å². The Bertz CT molecular complexity index is 459. The van der Waals surface area contributed by atoms with E-state index in [1.165, 1.54) is 0 Å². The predicted octanol–water partition coefficient (Wildman–Crippen LogP) is 4.59. The van der Waals surface area contributed by atoms with Crippen molar-refractivity contribution in [2.45, 2.75) is 25.2 Å². The molecule has 1 aromatic rings. The SMILES string of the molecule is C[C@H](C(=O)Cl)c1cc(C(F)(F)F)cc(C(F)(F)F)c1. The zero-order valence-corrected chi connectivity index (χ0v) is 10.1. The summed E-state index contributed by atoms with van der Waals surface area (Å²) < 4.78 is 75.1. The van der Waals surface area contributed by atoms with Crippen LogP contribution in [0.4, 0.5) is 26.3 Å². The minimum absolute atomic E-state index is 0.00503. The van der Waals surface area contributed by atoms with Gasteiger partial charge in [0.15, 0.2) is 0 Å². The highest BCUT2D eigenvalue weighted by Crippen LogP contribution is 2.37. The molecule has 0 fully saturated rings. The Morgan fingerprint density at radius 1 is 1.00 bits per heavy atom. The Morgan fingerprint density at radius 3 is 1.63 bits per heavy atom. The van der Waals surface area contributed by atoms with Crippen molar-refractivity contribution in [1.82, 2.24) is 0 Å². The Hall–Kier alpha value is -1.24. The maximum absolute atomic E-state index is 12.5. The third-order valence-electron chi connectivity index (χ3n) is 2.45. The van der Waals surface area contributed by atoms with E-state index in [0.717, 1.165) is 6.92 Å². The van der Waals surface area contributed by atoms with Crippen LogP contribution in [0.3, 0.4) is 0 Å². The molecule has 1 rings (SSSR count). The van der Waals surface area contributed by atoms with E-state index in [-0.39, 0.29) is 6.07 Å². The van der Waals surface area contributed by atoms with Crippen LogP contribution in [0.25, 0.3) is 0 Å². The van der Waals surface area contributed by atoms with E-state index in [0.29, 0.717) is 12.1 Å². The highest BCUT2D eigenvalue weighted by atomic mass is 35.5. The second-order valence-corrected chi connectivity index (χ2v) is 4.24. The zero-order valence-electron chi connectivity index (χ0n) is 9.36. The van der Waals surface area contributed by atoms with Gasteiger partial charge in [-0.05, 0) is 35.4 Å². The fourth-order valence-corrected chi connectivity index (χ4v) is 1.49. The summed E-state index contributed by atoms with van der Waals surface area (Å²) in [6.07, 6.45) is -9.88. The van der Waals surface area contributed by atoms with Gasteiger partial charge < -0.3 is 0 Å². The molecule has 0 saturated carbocycles. The number of hydrogen-bond donors (Lipinski definition) is 0. The molecule has 0 spiro atoms. The first-order valence-electron chi connectivity index (χ1n) is 4.91. The fraction of sp³-hybridized carbons (Fsp3) is 0.364. The van der Waals surface area contributed by atoms with Gasteiger partial charge in [0.1, 0.15) is 0 Å². The number of carbonyl (C=O) groups excluding carboxylic acids is 1. The highest BCUT2D eigenvalue weighted by molar-refractivity contribution is 6.64.